The van der Waals surface area contributed by atoms with Crippen LogP contribution in [0.5, 0.6) is 0 Å². The van der Waals surface area contributed by atoms with Crippen molar-refractivity contribution in [3.05, 3.63) is 29.3 Å². The average molecular weight is 251 g/mol. The lowest BCUT2D eigenvalue weighted by Crippen LogP contribution is -2.26. The lowest BCUT2D eigenvalue weighted by molar-refractivity contribution is -0.165. The van der Waals surface area contributed by atoms with Gasteiger partial charge in [0.1, 0.15) is 0 Å². The number of carbonyl (C=O) groups excluding carboxylic acids is 1. The molecule has 3 nitrogen and oxygen atoms in total. The van der Waals surface area contributed by atoms with Crippen LogP contribution in [0.3, 0.4) is 0 Å². The van der Waals surface area contributed by atoms with Crippen LogP contribution in [0.4, 0.5) is 0 Å². The van der Waals surface area contributed by atoms with Crippen molar-refractivity contribution in [2.75, 3.05) is 19.9 Å². The molecule has 0 fully saturated rings. The number of nitrogens with zero attached hydrogens (tertiary/aromatic N) is 1. The maximum Gasteiger partial charge on any atom is 0.256 e. The van der Waals surface area contributed by atoms with Gasteiger partial charge in [-0.05, 0) is 42.5 Å². The molecule has 0 aromatic heterocycles. The van der Waals surface area contributed by atoms with E-state index < -0.39 is 0 Å². The molecule has 1 aliphatic carbocycles. The molecule has 1 aliphatic rings. The lowest BCUT2D eigenvalue weighted by atomic mass is 10.1. The van der Waals surface area contributed by atoms with Crippen molar-refractivity contribution in [3.63, 3.8) is 0 Å². The van der Waals surface area contributed by atoms with Gasteiger partial charge in [-0.25, -0.2) is 5.06 Å². The number of hydroxylamine groups is 2. The molecule has 0 radical (unpaired) electrons. The summed E-state index contributed by atoms with van der Waals surface area (Å²) in [6.07, 6.45) is 3.63. The largest absolute Gasteiger partial charge is 0.275 e. The third-order valence-corrected chi connectivity index (χ3v) is 4.04. The molecule has 92 valence electrons. The van der Waals surface area contributed by atoms with Crippen LogP contribution in [-0.2, 0) is 22.5 Å². The van der Waals surface area contributed by atoms with Gasteiger partial charge in [0, 0.05) is 11.9 Å². The quantitative estimate of drug-likeness (QED) is 0.607. The van der Waals surface area contributed by atoms with E-state index in [1.54, 1.807) is 18.8 Å². The van der Waals surface area contributed by atoms with Gasteiger partial charge in [0.25, 0.3) is 5.91 Å². The Balaban J connectivity index is 1.93. The van der Waals surface area contributed by atoms with Crippen LogP contribution in [0.25, 0.3) is 0 Å². The highest BCUT2D eigenvalue weighted by Gasteiger charge is 2.12. The van der Waals surface area contributed by atoms with Crippen LogP contribution in [0.15, 0.2) is 23.1 Å². The fourth-order valence-electron chi connectivity index (χ4n) is 1.98. The minimum atomic E-state index is -0.0157. The molecule has 1 aromatic carbocycles. The van der Waals surface area contributed by atoms with Gasteiger partial charge in [-0.2, -0.15) is 0 Å². The van der Waals surface area contributed by atoms with Crippen molar-refractivity contribution in [2.24, 2.45) is 0 Å². The highest BCUT2D eigenvalue weighted by Crippen LogP contribution is 2.27. The number of benzene rings is 1. The number of thioether (sulfide) groups is 1. The maximum absolute atomic E-state index is 11.6. The molecular weight excluding hydrogens is 234 g/mol. The minimum Gasteiger partial charge on any atom is -0.275 e. The Morgan fingerprint density at radius 2 is 2.18 bits per heavy atom. The Kier molecular flexibility index (Phi) is 4.07. The topological polar surface area (TPSA) is 29.5 Å². The van der Waals surface area contributed by atoms with E-state index in [0.717, 1.165) is 0 Å². The predicted molar refractivity (Wildman–Crippen MR) is 69.0 cm³/mol. The smallest absolute Gasteiger partial charge is 0.256 e. The van der Waals surface area contributed by atoms with E-state index in [1.807, 2.05) is 0 Å². The summed E-state index contributed by atoms with van der Waals surface area (Å²) >= 11 is 1.57. The van der Waals surface area contributed by atoms with E-state index in [1.165, 1.54) is 47.5 Å². The van der Waals surface area contributed by atoms with Gasteiger partial charge in [-0.3, -0.25) is 9.63 Å². The molecule has 0 spiro atoms. The zero-order chi connectivity index (χ0) is 12.3. The summed E-state index contributed by atoms with van der Waals surface area (Å²) in [5.74, 6) is 0.404. The fraction of sp³-hybridized carbons (Fsp3) is 0.462. The van der Waals surface area contributed by atoms with E-state index in [4.69, 9.17) is 4.84 Å². The number of hydrogen-bond acceptors (Lipinski definition) is 3. The monoisotopic (exact) mass is 251 g/mol. The third kappa shape index (κ3) is 3.01. The molecule has 0 unspecified atom stereocenters. The Bertz CT molecular complexity index is 420. The van der Waals surface area contributed by atoms with Crippen LogP contribution in [0.1, 0.15) is 17.5 Å². The summed E-state index contributed by atoms with van der Waals surface area (Å²) in [5, 5.41) is 1.26. The van der Waals surface area contributed by atoms with Gasteiger partial charge >= 0.3 is 0 Å². The van der Waals surface area contributed by atoms with Gasteiger partial charge in [0.05, 0.1) is 12.9 Å². The first-order chi connectivity index (χ1) is 8.20. The molecule has 1 aromatic rings. The minimum absolute atomic E-state index is 0.0157. The summed E-state index contributed by atoms with van der Waals surface area (Å²) in [5.41, 5.74) is 2.91. The molecule has 4 heteroatoms. The number of fused-ring (bicyclic) bond motifs is 1. The van der Waals surface area contributed by atoms with Crippen molar-refractivity contribution >= 4 is 17.7 Å². The highest BCUT2D eigenvalue weighted by atomic mass is 32.2. The Morgan fingerprint density at radius 3 is 2.94 bits per heavy atom. The van der Waals surface area contributed by atoms with Crippen LogP contribution < -0.4 is 0 Å². The molecule has 0 saturated heterocycles. The SMILES string of the molecule is CON(C)C(=O)CSc1ccc2c(c1)CCC2. The number of hydrogen-bond donors (Lipinski definition) is 0. The zero-order valence-corrected chi connectivity index (χ0v) is 11.0. The van der Waals surface area contributed by atoms with Gasteiger partial charge in [0.2, 0.25) is 0 Å². The highest BCUT2D eigenvalue weighted by molar-refractivity contribution is 8.00. The van der Waals surface area contributed by atoms with Gasteiger partial charge in [0.15, 0.2) is 0 Å². The molecule has 0 heterocycles. The van der Waals surface area contributed by atoms with E-state index in [0.29, 0.717) is 5.75 Å². The van der Waals surface area contributed by atoms with E-state index >= 15 is 0 Å². The second-order valence-electron chi connectivity index (χ2n) is 4.15. The standard InChI is InChI=1S/C13H17NO2S/c1-14(16-2)13(15)9-17-12-7-6-10-4-3-5-11(10)8-12/h6-8H,3-5,9H2,1-2H3. The van der Waals surface area contributed by atoms with Crippen molar-refractivity contribution in [1.82, 2.24) is 5.06 Å². The first-order valence-electron chi connectivity index (χ1n) is 5.76. The summed E-state index contributed by atoms with van der Waals surface area (Å²) in [7, 11) is 3.13. The van der Waals surface area contributed by atoms with Crippen LogP contribution in [0.2, 0.25) is 0 Å². The number of rotatable bonds is 4. The third-order valence-electron chi connectivity index (χ3n) is 3.06. The van der Waals surface area contributed by atoms with Crippen molar-refractivity contribution < 1.29 is 9.63 Å². The first-order valence-corrected chi connectivity index (χ1v) is 6.74. The van der Waals surface area contributed by atoms with Crippen molar-refractivity contribution in [3.8, 4) is 0 Å². The molecule has 2 rings (SSSR count). The second-order valence-corrected chi connectivity index (χ2v) is 5.20. The Morgan fingerprint density at radius 1 is 1.41 bits per heavy atom. The molecule has 0 bridgehead atoms. The zero-order valence-electron chi connectivity index (χ0n) is 10.2. The molecule has 0 aliphatic heterocycles. The summed E-state index contributed by atoms with van der Waals surface area (Å²) in [6.45, 7) is 0. The summed E-state index contributed by atoms with van der Waals surface area (Å²) in [4.78, 5) is 17.6. The van der Waals surface area contributed by atoms with Gasteiger partial charge < -0.3 is 0 Å². The normalized spacial score (nSPS) is 13.5. The van der Waals surface area contributed by atoms with Crippen molar-refractivity contribution in [2.45, 2.75) is 24.2 Å². The maximum atomic E-state index is 11.6. The molecule has 0 atom stereocenters. The second kappa shape index (κ2) is 5.56. The average Bonchev–Trinajstić information content (AvgIpc) is 2.82. The first kappa shape index (κ1) is 12.5. The predicted octanol–water partition coefficient (Wildman–Crippen LogP) is 2.29. The van der Waals surface area contributed by atoms with Gasteiger partial charge in [-0.15, -0.1) is 11.8 Å². The molecule has 0 N–H and O–H groups in total. The number of aryl methyl sites for hydroxylation is 2. The molecular formula is C13H17NO2S. The fourth-order valence-corrected chi connectivity index (χ4v) is 2.84. The van der Waals surface area contributed by atoms with Crippen molar-refractivity contribution in [1.29, 1.82) is 0 Å². The lowest BCUT2D eigenvalue weighted by Gasteiger charge is -2.13. The molecule has 17 heavy (non-hydrogen) atoms. The summed E-state index contributed by atoms with van der Waals surface area (Å²) < 4.78 is 0. The van der Waals surface area contributed by atoms with Crippen LogP contribution in [0, 0.1) is 0 Å². The van der Waals surface area contributed by atoms with E-state index in [2.05, 4.69) is 18.2 Å². The van der Waals surface area contributed by atoms with E-state index in [9.17, 15) is 4.79 Å². The number of carbonyl (C=O) groups is 1. The van der Waals surface area contributed by atoms with Gasteiger partial charge in [-0.1, -0.05) is 6.07 Å². The molecule has 1 amide bonds. The Labute approximate surface area is 106 Å². The van der Waals surface area contributed by atoms with Crippen LogP contribution >= 0.6 is 11.8 Å². The Hall–Kier alpha value is -1.00. The van der Waals surface area contributed by atoms with Crippen LogP contribution in [-0.4, -0.2) is 30.9 Å². The number of amides is 1. The van der Waals surface area contributed by atoms with E-state index in [-0.39, 0.29) is 5.91 Å². The molecule has 0 saturated carbocycles. The summed E-state index contributed by atoms with van der Waals surface area (Å²) in [6, 6.07) is 6.51.